The molecule has 5 atom stereocenters. The molecule has 0 aromatic carbocycles. The van der Waals surface area contributed by atoms with E-state index in [0.29, 0.717) is 25.9 Å². The van der Waals surface area contributed by atoms with E-state index in [1.807, 2.05) is 6.92 Å². The summed E-state index contributed by atoms with van der Waals surface area (Å²) in [6.07, 6.45) is 3.65. The molecule has 0 saturated heterocycles. The Morgan fingerprint density at radius 1 is 1.29 bits per heavy atom. The molecule has 3 aliphatic rings. The van der Waals surface area contributed by atoms with Crippen LogP contribution in [-0.2, 0) is 19.1 Å². The van der Waals surface area contributed by atoms with Crippen LogP contribution in [-0.4, -0.2) is 47.6 Å². The van der Waals surface area contributed by atoms with E-state index in [0.717, 1.165) is 24.0 Å². The summed E-state index contributed by atoms with van der Waals surface area (Å²) >= 11 is 0. The van der Waals surface area contributed by atoms with Crippen molar-refractivity contribution >= 4 is 11.9 Å². The van der Waals surface area contributed by atoms with Gasteiger partial charge in [0.25, 0.3) is 0 Å². The van der Waals surface area contributed by atoms with Crippen LogP contribution in [0.5, 0.6) is 0 Å². The zero-order chi connectivity index (χ0) is 20.7. The topological polar surface area (TPSA) is 93.1 Å². The first kappa shape index (κ1) is 21.1. The number of hydrogen-bond donors (Lipinski definition) is 2. The van der Waals surface area contributed by atoms with Gasteiger partial charge in [0.15, 0.2) is 0 Å². The van der Waals surface area contributed by atoms with Crippen LogP contribution in [0.1, 0.15) is 59.8 Å². The number of rotatable bonds is 5. The molecule has 0 spiro atoms. The molecule has 3 rings (SSSR count). The zero-order valence-corrected chi connectivity index (χ0v) is 17.3. The number of fused-ring (bicyclic) bond motifs is 1. The number of cyclic esters (lactones) is 1. The van der Waals surface area contributed by atoms with Crippen LogP contribution in [0.4, 0.5) is 0 Å². The van der Waals surface area contributed by atoms with Crippen molar-refractivity contribution in [2.75, 3.05) is 13.2 Å². The van der Waals surface area contributed by atoms with Crippen LogP contribution >= 0.6 is 0 Å². The number of esters is 2. The normalized spacial score (nSPS) is 38.0. The van der Waals surface area contributed by atoms with Crippen molar-refractivity contribution in [3.8, 4) is 0 Å². The monoisotopic (exact) mass is 392 g/mol. The van der Waals surface area contributed by atoms with Crippen molar-refractivity contribution in [2.24, 2.45) is 16.7 Å². The maximum absolute atomic E-state index is 11.4. The lowest BCUT2D eigenvalue weighted by molar-refractivity contribution is -0.164. The lowest BCUT2D eigenvalue weighted by atomic mass is 9.48. The minimum Gasteiger partial charge on any atom is -0.465 e. The van der Waals surface area contributed by atoms with Gasteiger partial charge >= 0.3 is 11.9 Å². The van der Waals surface area contributed by atoms with Gasteiger partial charge in [-0.3, -0.25) is 4.79 Å². The molecule has 28 heavy (non-hydrogen) atoms. The van der Waals surface area contributed by atoms with Gasteiger partial charge in [0, 0.05) is 24.3 Å². The Bertz CT molecular complexity index is 723. The number of carbonyl (C=O) groups is 2. The molecule has 0 amide bonds. The molecule has 0 radical (unpaired) electrons. The Morgan fingerprint density at radius 3 is 2.61 bits per heavy atom. The van der Waals surface area contributed by atoms with Crippen LogP contribution in [0.15, 0.2) is 22.8 Å². The van der Waals surface area contributed by atoms with E-state index in [1.54, 1.807) is 6.08 Å². The van der Waals surface area contributed by atoms with Gasteiger partial charge in [0.05, 0.1) is 18.8 Å². The standard InChI is InChI=1S/C22H32O6/c1-13-7-18(25)20-21(3,12-28-14(2)23)9-16(24)10-22(20,4)17(13)6-5-15-8-19(26)27-11-15/h8,16,18,20,24-25H,5-7,9-12H2,1-4H3/t16-,18-,20-,21+,22+/m0/s1. The Labute approximate surface area is 166 Å². The maximum atomic E-state index is 11.4. The molecule has 0 aromatic heterocycles. The number of carbonyl (C=O) groups excluding carboxylic acids is 2. The van der Waals surface area contributed by atoms with E-state index < -0.39 is 23.0 Å². The highest BCUT2D eigenvalue weighted by Crippen LogP contribution is 2.60. The molecule has 156 valence electrons. The highest BCUT2D eigenvalue weighted by Gasteiger charge is 2.58. The van der Waals surface area contributed by atoms with Gasteiger partial charge in [-0.05, 0) is 50.0 Å². The van der Waals surface area contributed by atoms with Crippen molar-refractivity contribution in [3.05, 3.63) is 22.8 Å². The summed E-state index contributed by atoms with van der Waals surface area (Å²) in [7, 11) is 0. The van der Waals surface area contributed by atoms with Crippen molar-refractivity contribution in [1.82, 2.24) is 0 Å². The predicted molar refractivity (Wildman–Crippen MR) is 103 cm³/mol. The SMILES string of the molecule is CC(=O)OC[C@@]1(C)C[C@H](O)C[C@]2(C)C(CCC3=CC(=O)OC3)=C(C)C[C@H](O)[C@@H]12. The second-order valence-corrected chi connectivity index (χ2v) is 9.33. The minimum absolute atomic E-state index is 0.114. The van der Waals surface area contributed by atoms with Crippen LogP contribution < -0.4 is 0 Å². The summed E-state index contributed by atoms with van der Waals surface area (Å²) in [6, 6.07) is 0. The fourth-order valence-electron chi connectivity index (χ4n) is 6.12. The van der Waals surface area contributed by atoms with E-state index in [1.165, 1.54) is 12.5 Å². The Hall–Kier alpha value is -1.66. The summed E-state index contributed by atoms with van der Waals surface area (Å²) in [6.45, 7) is 8.10. The molecular weight excluding hydrogens is 360 g/mol. The highest BCUT2D eigenvalue weighted by atomic mass is 16.5. The second kappa shape index (κ2) is 7.64. The molecule has 1 aliphatic heterocycles. The van der Waals surface area contributed by atoms with Crippen LogP contribution in [0.25, 0.3) is 0 Å². The minimum atomic E-state index is -0.544. The van der Waals surface area contributed by atoms with Gasteiger partial charge in [-0.2, -0.15) is 0 Å². The Balaban J connectivity index is 1.90. The average molecular weight is 392 g/mol. The quantitative estimate of drug-likeness (QED) is 0.552. The third-order valence-corrected chi connectivity index (χ3v) is 6.93. The van der Waals surface area contributed by atoms with E-state index in [4.69, 9.17) is 9.47 Å². The Kier molecular flexibility index (Phi) is 5.74. The van der Waals surface area contributed by atoms with Crippen LogP contribution in [0.2, 0.25) is 0 Å². The molecular formula is C22H32O6. The molecule has 6 nitrogen and oxygen atoms in total. The third-order valence-electron chi connectivity index (χ3n) is 6.93. The van der Waals surface area contributed by atoms with E-state index in [-0.39, 0.29) is 24.5 Å². The fraction of sp³-hybridized carbons (Fsp3) is 0.727. The van der Waals surface area contributed by atoms with Gasteiger partial charge in [-0.1, -0.05) is 25.0 Å². The number of allylic oxidation sites excluding steroid dienone is 1. The van der Waals surface area contributed by atoms with E-state index in [2.05, 4.69) is 13.8 Å². The van der Waals surface area contributed by atoms with Gasteiger partial charge in [-0.15, -0.1) is 0 Å². The van der Waals surface area contributed by atoms with Gasteiger partial charge in [0.1, 0.15) is 6.61 Å². The molecule has 0 bridgehead atoms. The summed E-state index contributed by atoms with van der Waals surface area (Å²) in [5.41, 5.74) is 2.49. The smallest absolute Gasteiger partial charge is 0.331 e. The fourth-order valence-corrected chi connectivity index (χ4v) is 6.12. The van der Waals surface area contributed by atoms with Crippen molar-refractivity contribution < 1.29 is 29.3 Å². The first-order valence-corrected chi connectivity index (χ1v) is 10.1. The largest absolute Gasteiger partial charge is 0.465 e. The second-order valence-electron chi connectivity index (χ2n) is 9.33. The number of ether oxygens (including phenoxy) is 2. The molecule has 2 aliphatic carbocycles. The number of aliphatic hydroxyl groups is 2. The molecule has 0 aromatic rings. The van der Waals surface area contributed by atoms with E-state index in [9.17, 15) is 19.8 Å². The average Bonchev–Trinajstić information content (AvgIpc) is 2.96. The summed E-state index contributed by atoms with van der Waals surface area (Å²) in [5.74, 6) is -0.749. The first-order chi connectivity index (χ1) is 13.0. The van der Waals surface area contributed by atoms with Crippen LogP contribution in [0.3, 0.4) is 0 Å². The van der Waals surface area contributed by atoms with Gasteiger partial charge in [0.2, 0.25) is 0 Å². The summed E-state index contributed by atoms with van der Waals surface area (Å²) in [5, 5.41) is 21.7. The first-order valence-electron chi connectivity index (χ1n) is 10.1. The van der Waals surface area contributed by atoms with Crippen LogP contribution in [0, 0.1) is 16.7 Å². The van der Waals surface area contributed by atoms with Crippen molar-refractivity contribution in [3.63, 3.8) is 0 Å². The zero-order valence-electron chi connectivity index (χ0n) is 17.3. The van der Waals surface area contributed by atoms with E-state index >= 15 is 0 Å². The molecule has 1 saturated carbocycles. The molecule has 2 N–H and O–H groups in total. The summed E-state index contributed by atoms with van der Waals surface area (Å²) < 4.78 is 10.4. The van der Waals surface area contributed by atoms with Gasteiger partial charge in [-0.25, -0.2) is 4.79 Å². The number of aliphatic hydroxyl groups excluding tert-OH is 2. The molecule has 1 fully saturated rings. The Morgan fingerprint density at radius 2 is 2.00 bits per heavy atom. The third kappa shape index (κ3) is 3.90. The number of hydrogen-bond acceptors (Lipinski definition) is 6. The molecule has 1 heterocycles. The van der Waals surface area contributed by atoms with Crippen molar-refractivity contribution in [1.29, 1.82) is 0 Å². The molecule has 6 heteroatoms. The lowest BCUT2D eigenvalue weighted by Crippen LogP contribution is -2.57. The lowest BCUT2D eigenvalue weighted by Gasteiger charge is -2.58. The highest BCUT2D eigenvalue weighted by molar-refractivity contribution is 5.85. The summed E-state index contributed by atoms with van der Waals surface area (Å²) in [4.78, 5) is 22.8. The van der Waals surface area contributed by atoms with Gasteiger partial charge < -0.3 is 19.7 Å². The van der Waals surface area contributed by atoms with Crippen molar-refractivity contribution in [2.45, 2.75) is 72.0 Å². The molecule has 0 unspecified atom stereocenters. The predicted octanol–water partition coefficient (Wildman–Crippen LogP) is 2.68. The maximum Gasteiger partial charge on any atom is 0.331 e.